The van der Waals surface area contributed by atoms with Gasteiger partial charge in [-0.15, -0.1) is 0 Å². The second-order valence-corrected chi connectivity index (χ2v) is 4.17. The van der Waals surface area contributed by atoms with Crippen molar-refractivity contribution in [3.8, 4) is 0 Å². The van der Waals surface area contributed by atoms with E-state index in [4.69, 9.17) is 4.42 Å². The van der Waals surface area contributed by atoms with Crippen LogP contribution >= 0.6 is 0 Å². The summed E-state index contributed by atoms with van der Waals surface area (Å²) >= 11 is 0. The fourth-order valence-corrected chi connectivity index (χ4v) is 1.98. The maximum Gasteiger partial charge on any atom is 0.171 e. The Morgan fingerprint density at radius 2 is 1.82 bits per heavy atom. The number of ketones is 1. The highest BCUT2D eigenvalue weighted by atomic mass is 16.3. The monoisotopic (exact) mass is 229 g/mol. The first-order valence-corrected chi connectivity index (χ1v) is 5.58. The smallest absolute Gasteiger partial charge is 0.171 e. The van der Waals surface area contributed by atoms with Gasteiger partial charge >= 0.3 is 0 Å². The second-order valence-electron chi connectivity index (χ2n) is 4.17. The van der Waals surface area contributed by atoms with Crippen molar-refractivity contribution in [2.24, 2.45) is 0 Å². The van der Waals surface area contributed by atoms with Gasteiger partial charge < -0.3 is 4.42 Å². The lowest BCUT2D eigenvalue weighted by Gasteiger charge is -2.01. The number of aryl methyl sites for hydroxylation is 2. The molecular formula is C14H15NO2. The Hall–Kier alpha value is -1.90. The molecule has 0 saturated heterocycles. The Morgan fingerprint density at radius 1 is 1.18 bits per heavy atom. The molecule has 0 aromatic carbocycles. The van der Waals surface area contributed by atoms with Crippen molar-refractivity contribution in [1.29, 1.82) is 0 Å². The van der Waals surface area contributed by atoms with Crippen LogP contribution in [0.5, 0.6) is 0 Å². The van der Waals surface area contributed by atoms with Crippen LogP contribution < -0.4 is 0 Å². The van der Waals surface area contributed by atoms with Crippen molar-refractivity contribution in [3.63, 3.8) is 0 Å². The van der Waals surface area contributed by atoms with Gasteiger partial charge in [-0.2, -0.15) is 0 Å². The molecule has 0 aliphatic heterocycles. The molecule has 0 aliphatic carbocycles. The molecule has 0 radical (unpaired) electrons. The van der Waals surface area contributed by atoms with Crippen molar-refractivity contribution in [1.82, 2.24) is 4.98 Å². The third kappa shape index (κ3) is 2.28. The van der Waals surface area contributed by atoms with Gasteiger partial charge in [0.1, 0.15) is 11.5 Å². The average Bonchev–Trinajstić information content (AvgIpc) is 2.54. The van der Waals surface area contributed by atoms with Crippen molar-refractivity contribution in [3.05, 3.63) is 52.7 Å². The van der Waals surface area contributed by atoms with Gasteiger partial charge in [0, 0.05) is 24.4 Å². The summed E-state index contributed by atoms with van der Waals surface area (Å²) in [6.45, 7) is 5.64. The number of nitrogens with zero attached hydrogens (tertiary/aromatic N) is 1. The molecule has 2 rings (SSSR count). The van der Waals surface area contributed by atoms with Crippen molar-refractivity contribution in [2.75, 3.05) is 0 Å². The summed E-state index contributed by atoms with van der Waals surface area (Å²) in [6, 6.07) is 3.71. The van der Waals surface area contributed by atoms with Crippen LogP contribution in [0, 0.1) is 20.8 Å². The summed E-state index contributed by atoms with van der Waals surface area (Å²) in [5.74, 6) is 1.63. The predicted octanol–water partition coefficient (Wildman–Crippen LogP) is 3.03. The molecule has 17 heavy (non-hydrogen) atoms. The minimum absolute atomic E-state index is 0.100. The zero-order chi connectivity index (χ0) is 12.4. The molecule has 0 N–H and O–H groups in total. The highest BCUT2D eigenvalue weighted by Gasteiger charge is 2.18. The number of Topliss-reactive ketones (excluding diaryl/α,β-unsaturated/α-hetero) is 1. The largest absolute Gasteiger partial charge is 0.466 e. The van der Waals surface area contributed by atoms with Crippen LogP contribution in [0.3, 0.4) is 0 Å². The molecule has 2 aromatic rings. The van der Waals surface area contributed by atoms with E-state index in [0.717, 1.165) is 22.5 Å². The van der Waals surface area contributed by atoms with Gasteiger partial charge in [0.2, 0.25) is 0 Å². The summed E-state index contributed by atoms with van der Waals surface area (Å²) < 4.78 is 5.47. The number of hydrogen-bond donors (Lipinski definition) is 0. The first-order chi connectivity index (χ1) is 8.09. The summed E-state index contributed by atoms with van der Waals surface area (Å²) in [5.41, 5.74) is 2.64. The predicted molar refractivity (Wildman–Crippen MR) is 65.2 cm³/mol. The molecule has 0 bridgehead atoms. The van der Waals surface area contributed by atoms with Crippen LogP contribution in [-0.4, -0.2) is 10.8 Å². The van der Waals surface area contributed by atoms with E-state index in [1.54, 1.807) is 12.4 Å². The van der Waals surface area contributed by atoms with Crippen molar-refractivity contribution >= 4 is 5.78 Å². The first-order valence-electron chi connectivity index (χ1n) is 5.58. The number of carbonyl (C=O) groups is 1. The molecule has 88 valence electrons. The van der Waals surface area contributed by atoms with E-state index in [2.05, 4.69) is 4.98 Å². The molecule has 0 spiro atoms. The summed E-state index contributed by atoms with van der Waals surface area (Å²) in [4.78, 5) is 16.1. The second kappa shape index (κ2) is 4.53. The molecule has 0 unspecified atom stereocenters. The van der Waals surface area contributed by atoms with Crippen molar-refractivity contribution < 1.29 is 9.21 Å². The quantitative estimate of drug-likeness (QED) is 0.760. The number of rotatable bonds is 3. The lowest BCUT2D eigenvalue weighted by molar-refractivity contribution is 0.0991. The molecule has 0 fully saturated rings. The highest BCUT2D eigenvalue weighted by Crippen LogP contribution is 2.22. The zero-order valence-corrected chi connectivity index (χ0v) is 10.3. The minimum Gasteiger partial charge on any atom is -0.466 e. The molecule has 0 saturated carbocycles. The lowest BCUT2D eigenvalue weighted by atomic mass is 10.0. The van der Waals surface area contributed by atoms with E-state index >= 15 is 0 Å². The Bertz CT molecular complexity index is 541. The highest BCUT2D eigenvalue weighted by molar-refractivity contribution is 5.99. The summed E-state index contributed by atoms with van der Waals surface area (Å²) in [7, 11) is 0. The standard InChI is InChI=1S/C14H15NO2/c1-9-10(2)17-11(3)14(9)13(16)8-12-4-6-15-7-5-12/h4-7H,8H2,1-3H3. The molecule has 0 aliphatic rings. The van der Waals surface area contributed by atoms with E-state index in [1.165, 1.54) is 0 Å². The Balaban J connectivity index is 2.27. The fourth-order valence-electron chi connectivity index (χ4n) is 1.98. The van der Waals surface area contributed by atoms with E-state index in [0.29, 0.717) is 12.2 Å². The maximum absolute atomic E-state index is 12.2. The number of pyridine rings is 1. The van der Waals surface area contributed by atoms with Gasteiger partial charge in [-0.1, -0.05) is 0 Å². The molecule has 3 nitrogen and oxygen atoms in total. The molecular weight excluding hydrogens is 214 g/mol. The fraction of sp³-hybridized carbons (Fsp3) is 0.286. The SMILES string of the molecule is Cc1oc(C)c(C(=O)Cc2ccncc2)c1C. The number of carbonyl (C=O) groups excluding carboxylic acids is 1. The Labute approximate surface area is 100 Å². The average molecular weight is 229 g/mol. The first kappa shape index (κ1) is 11.6. The van der Waals surface area contributed by atoms with Crippen LogP contribution in [0.15, 0.2) is 28.9 Å². The third-order valence-electron chi connectivity index (χ3n) is 2.95. The maximum atomic E-state index is 12.2. The molecule has 3 heteroatoms. The van der Waals surface area contributed by atoms with E-state index in [1.807, 2.05) is 32.9 Å². The third-order valence-corrected chi connectivity index (χ3v) is 2.95. The normalized spacial score (nSPS) is 10.5. The molecule has 2 heterocycles. The molecule has 2 aromatic heterocycles. The summed E-state index contributed by atoms with van der Waals surface area (Å²) in [6.07, 6.45) is 3.79. The van der Waals surface area contributed by atoms with Gasteiger partial charge in [0.25, 0.3) is 0 Å². The number of hydrogen-bond acceptors (Lipinski definition) is 3. The van der Waals surface area contributed by atoms with Crippen LogP contribution in [0.2, 0.25) is 0 Å². The lowest BCUT2D eigenvalue weighted by Crippen LogP contribution is -2.05. The molecule has 0 amide bonds. The zero-order valence-electron chi connectivity index (χ0n) is 10.3. The molecule has 0 atom stereocenters. The van der Waals surface area contributed by atoms with Gasteiger partial charge in [-0.3, -0.25) is 9.78 Å². The van der Waals surface area contributed by atoms with Crippen LogP contribution in [0.4, 0.5) is 0 Å². The van der Waals surface area contributed by atoms with E-state index in [9.17, 15) is 4.79 Å². The van der Waals surface area contributed by atoms with E-state index < -0.39 is 0 Å². The van der Waals surface area contributed by atoms with Gasteiger partial charge in [-0.05, 0) is 38.5 Å². The van der Waals surface area contributed by atoms with E-state index in [-0.39, 0.29) is 5.78 Å². The van der Waals surface area contributed by atoms with Gasteiger partial charge in [0.05, 0.1) is 5.56 Å². The van der Waals surface area contributed by atoms with Crippen LogP contribution in [-0.2, 0) is 6.42 Å². The van der Waals surface area contributed by atoms with Crippen LogP contribution in [0.1, 0.15) is 33.0 Å². The van der Waals surface area contributed by atoms with Gasteiger partial charge in [-0.25, -0.2) is 0 Å². The minimum atomic E-state index is 0.100. The van der Waals surface area contributed by atoms with Gasteiger partial charge in [0.15, 0.2) is 5.78 Å². The topological polar surface area (TPSA) is 43.1 Å². The number of furan rings is 1. The summed E-state index contributed by atoms with van der Waals surface area (Å²) in [5, 5.41) is 0. The Morgan fingerprint density at radius 3 is 2.35 bits per heavy atom. The number of aromatic nitrogens is 1. The van der Waals surface area contributed by atoms with Crippen molar-refractivity contribution in [2.45, 2.75) is 27.2 Å². The Kier molecular flexibility index (Phi) is 3.09. The van der Waals surface area contributed by atoms with Crippen LogP contribution in [0.25, 0.3) is 0 Å².